The fourth-order valence-electron chi connectivity index (χ4n) is 8.82. The highest BCUT2D eigenvalue weighted by Gasteiger charge is 2.20. The van der Waals surface area contributed by atoms with Gasteiger partial charge in [-0.25, -0.2) is 0 Å². The zero-order valence-corrected chi connectivity index (χ0v) is 30.7. The highest BCUT2D eigenvalue weighted by molar-refractivity contribution is 6.17. The number of para-hydroxylation sites is 3. The molecule has 56 heavy (non-hydrogen) atoms. The van der Waals surface area contributed by atoms with Crippen LogP contribution in [0.25, 0.3) is 99.5 Å². The van der Waals surface area contributed by atoms with Crippen molar-refractivity contribution in [3.05, 3.63) is 218 Å². The highest BCUT2D eigenvalue weighted by atomic mass is 15.0. The van der Waals surface area contributed by atoms with Crippen LogP contribution in [0.2, 0.25) is 0 Å². The van der Waals surface area contributed by atoms with Gasteiger partial charge in [-0.3, -0.25) is 0 Å². The molecule has 0 aliphatic carbocycles. The molecule has 262 valence electrons. The second-order valence-corrected chi connectivity index (χ2v) is 14.5. The third-order valence-electron chi connectivity index (χ3n) is 11.3. The van der Waals surface area contributed by atoms with Crippen molar-refractivity contribution in [2.24, 2.45) is 0 Å². The van der Waals surface area contributed by atoms with Gasteiger partial charge in [0.1, 0.15) is 0 Å². The third-order valence-corrected chi connectivity index (χ3v) is 11.3. The Bertz CT molecular complexity index is 3170. The van der Waals surface area contributed by atoms with Gasteiger partial charge in [-0.15, -0.1) is 0 Å². The van der Waals surface area contributed by atoms with E-state index in [2.05, 4.69) is 228 Å². The van der Waals surface area contributed by atoms with Crippen molar-refractivity contribution in [2.45, 2.75) is 0 Å². The number of aromatic nitrogens is 2. The molecule has 0 N–H and O–H groups in total. The first-order valence-electron chi connectivity index (χ1n) is 19.3. The van der Waals surface area contributed by atoms with Gasteiger partial charge in [0, 0.05) is 32.9 Å². The van der Waals surface area contributed by atoms with Gasteiger partial charge in [-0.2, -0.15) is 0 Å². The Hall–Kier alpha value is -7.42. The van der Waals surface area contributed by atoms with Gasteiger partial charge < -0.3 is 9.13 Å². The number of fused-ring (bicyclic) bond motifs is 6. The summed E-state index contributed by atoms with van der Waals surface area (Å²) in [5, 5.41) is 4.99. The van der Waals surface area contributed by atoms with E-state index >= 15 is 0 Å². The van der Waals surface area contributed by atoms with Gasteiger partial charge in [0.2, 0.25) is 0 Å². The molecule has 2 heteroatoms. The summed E-state index contributed by atoms with van der Waals surface area (Å²) in [7, 11) is 0. The molecular weight excluding hydrogens is 677 g/mol. The third kappa shape index (κ3) is 5.19. The molecule has 11 aromatic rings. The van der Waals surface area contributed by atoms with Crippen molar-refractivity contribution in [2.75, 3.05) is 0 Å². The van der Waals surface area contributed by atoms with Crippen molar-refractivity contribution >= 4 is 43.6 Å². The largest absolute Gasteiger partial charge is 0.309 e. The van der Waals surface area contributed by atoms with Crippen molar-refractivity contribution in [3.63, 3.8) is 0 Å². The average Bonchev–Trinajstić information content (AvgIpc) is 3.80. The van der Waals surface area contributed by atoms with Crippen molar-refractivity contribution in [1.82, 2.24) is 9.13 Å². The molecule has 0 amide bonds. The Morgan fingerprint density at radius 3 is 1.43 bits per heavy atom. The van der Waals surface area contributed by atoms with E-state index in [1.807, 2.05) is 0 Å². The Balaban J connectivity index is 1.12. The van der Waals surface area contributed by atoms with Crippen molar-refractivity contribution < 1.29 is 0 Å². The first-order chi connectivity index (χ1) is 27.8. The monoisotopic (exact) mass is 712 g/mol. The van der Waals surface area contributed by atoms with Crippen molar-refractivity contribution in [1.29, 1.82) is 0 Å². The Kier molecular flexibility index (Phi) is 7.53. The van der Waals surface area contributed by atoms with E-state index in [1.165, 1.54) is 88.1 Å². The molecule has 0 bridgehead atoms. The van der Waals surface area contributed by atoms with Crippen LogP contribution in [-0.4, -0.2) is 9.13 Å². The van der Waals surface area contributed by atoms with Crippen LogP contribution in [-0.2, 0) is 0 Å². The SMILES string of the molecule is c1ccc(-c2cc(-c3ccccc3)cc(-n3c4ccccc4c4cc(-c5ccccc5-c5cccc6c5c5ccccc5n6-c5ccccc5)ccc43)c2)cc1. The summed E-state index contributed by atoms with van der Waals surface area (Å²) in [6, 6.07) is 79.4. The van der Waals surface area contributed by atoms with Crippen LogP contribution < -0.4 is 0 Å². The van der Waals surface area contributed by atoms with Gasteiger partial charge in [-0.05, 0) is 105 Å². The molecule has 0 saturated heterocycles. The lowest BCUT2D eigenvalue weighted by atomic mass is 9.91. The molecule has 9 aromatic carbocycles. The van der Waals surface area contributed by atoms with E-state index in [9.17, 15) is 0 Å². The number of rotatable bonds is 6. The zero-order valence-electron chi connectivity index (χ0n) is 30.7. The van der Waals surface area contributed by atoms with Gasteiger partial charge >= 0.3 is 0 Å². The van der Waals surface area contributed by atoms with E-state index in [0.717, 1.165) is 11.4 Å². The van der Waals surface area contributed by atoms with Crippen LogP contribution in [0.15, 0.2) is 218 Å². The molecule has 0 saturated carbocycles. The molecular formula is C54H36N2. The smallest absolute Gasteiger partial charge is 0.0547 e. The molecule has 0 radical (unpaired) electrons. The summed E-state index contributed by atoms with van der Waals surface area (Å²) < 4.78 is 4.84. The zero-order chi connectivity index (χ0) is 37.0. The number of hydrogen-bond acceptors (Lipinski definition) is 0. The summed E-state index contributed by atoms with van der Waals surface area (Å²) in [5.41, 5.74) is 16.8. The Morgan fingerprint density at radius 1 is 0.232 bits per heavy atom. The number of hydrogen-bond donors (Lipinski definition) is 0. The molecule has 2 nitrogen and oxygen atoms in total. The normalized spacial score (nSPS) is 11.6. The van der Waals surface area contributed by atoms with E-state index in [-0.39, 0.29) is 0 Å². The molecule has 0 aliphatic heterocycles. The predicted octanol–water partition coefficient (Wildman–Crippen LogP) is 14.5. The lowest BCUT2D eigenvalue weighted by molar-refractivity contribution is 1.18. The van der Waals surface area contributed by atoms with Crippen LogP contribution in [0.5, 0.6) is 0 Å². The number of benzene rings is 9. The van der Waals surface area contributed by atoms with Crippen LogP contribution in [0.4, 0.5) is 0 Å². The minimum absolute atomic E-state index is 1.14. The maximum absolute atomic E-state index is 2.44. The van der Waals surface area contributed by atoms with Crippen molar-refractivity contribution in [3.8, 4) is 55.9 Å². The van der Waals surface area contributed by atoms with E-state index < -0.39 is 0 Å². The molecule has 0 unspecified atom stereocenters. The van der Waals surface area contributed by atoms with Gasteiger partial charge in [0.15, 0.2) is 0 Å². The molecule has 11 rings (SSSR count). The van der Waals surface area contributed by atoms with Crippen LogP contribution in [0.3, 0.4) is 0 Å². The van der Waals surface area contributed by atoms with Gasteiger partial charge in [0.05, 0.1) is 22.1 Å². The molecule has 0 aliphatic rings. The Labute approximate surface area is 325 Å². The van der Waals surface area contributed by atoms with Gasteiger partial charge in [0.25, 0.3) is 0 Å². The topological polar surface area (TPSA) is 9.86 Å². The predicted molar refractivity (Wildman–Crippen MR) is 237 cm³/mol. The summed E-state index contributed by atoms with van der Waals surface area (Å²) in [6.07, 6.45) is 0. The maximum atomic E-state index is 2.44. The maximum Gasteiger partial charge on any atom is 0.0547 e. The fraction of sp³-hybridized carbons (Fsp3) is 0. The van der Waals surface area contributed by atoms with E-state index in [0.29, 0.717) is 0 Å². The van der Waals surface area contributed by atoms with E-state index in [1.54, 1.807) is 0 Å². The Morgan fingerprint density at radius 2 is 0.732 bits per heavy atom. The lowest BCUT2D eigenvalue weighted by Crippen LogP contribution is -1.96. The highest BCUT2D eigenvalue weighted by Crippen LogP contribution is 2.43. The minimum Gasteiger partial charge on any atom is -0.309 e. The summed E-state index contributed by atoms with van der Waals surface area (Å²) in [4.78, 5) is 0. The summed E-state index contributed by atoms with van der Waals surface area (Å²) in [6.45, 7) is 0. The van der Waals surface area contributed by atoms with Gasteiger partial charge in [-0.1, -0.05) is 158 Å². The van der Waals surface area contributed by atoms with Crippen LogP contribution >= 0.6 is 0 Å². The second kappa shape index (κ2) is 13.2. The first kappa shape index (κ1) is 32.0. The average molecular weight is 713 g/mol. The summed E-state index contributed by atoms with van der Waals surface area (Å²) >= 11 is 0. The summed E-state index contributed by atoms with van der Waals surface area (Å²) in [5.74, 6) is 0. The number of nitrogens with zero attached hydrogens (tertiary/aromatic N) is 2. The van der Waals surface area contributed by atoms with Crippen LogP contribution in [0, 0.1) is 0 Å². The van der Waals surface area contributed by atoms with Crippen LogP contribution in [0.1, 0.15) is 0 Å². The molecule has 0 atom stereocenters. The lowest BCUT2D eigenvalue weighted by Gasteiger charge is -2.15. The molecule has 0 fully saturated rings. The fourth-order valence-corrected chi connectivity index (χ4v) is 8.82. The minimum atomic E-state index is 1.14. The quantitative estimate of drug-likeness (QED) is 0.162. The molecule has 2 heterocycles. The first-order valence-corrected chi connectivity index (χ1v) is 19.3. The molecule has 2 aromatic heterocycles. The molecule has 0 spiro atoms. The second-order valence-electron chi connectivity index (χ2n) is 14.5. The van der Waals surface area contributed by atoms with E-state index in [4.69, 9.17) is 0 Å². The standard InChI is InChI=1S/C54H36N2/c1-4-17-37(18-5-1)40-33-41(38-19-6-2-7-20-38)35-43(34-40)56-50-28-14-12-25-46(50)49-36-39(31-32-52(49)56)44-23-10-11-24-45(44)47-27-16-30-53-54(47)48-26-13-15-29-51(48)55(53)42-21-8-3-9-22-42/h1-36H.